The minimum absolute atomic E-state index is 0.133. The molecule has 0 radical (unpaired) electrons. The van der Waals surface area contributed by atoms with Gasteiger partial charge >= 0.3 is 0 Å². The van der Waals surface area contributed by atoms with Crippen molar-refractivity contribution in [2.45, 2.75) is 70.4 Å². The zero-order chi connectivity index (χ0) is 17.9. The Balaban J connectivity index is 1.84. The Bertz CT molecular complexity index is 643. The van der Waals surface area contributed by atoms with Crippen molar-refractivity contribution in [1.29, 1.82) is 0 Å². The number of rotatable bonds is 5. The van der Waals surface area contributed by atoms with Crippen molar-refractivity contribution in [3.8, 4) is 5.75 Å². The van der Waals surface area contributed by atoms with Crippen LogP contribution in [0.2, 0.25) is 0 Å². The molecule has 3 rings (SSSR count). The van der Waals surface area contributed by atoms with Gasteiger partial charge in [-0.15, -0.1) is 0 Å². The third-order valence-corrected chi connectivity index (χ3v) is 5.08. The van der Waals surface area contributed by atoms with Crippen LogP contribution < -0.4 is 15.0 Å². The van der Waals surface area contributed by atoms with Crippen LogP contribution in [0.5, 0.6) is 5.75 Å². The molecule has 0 saturated heterocycles. The van der Waals surface area contributed by atoms with Crippen molar-refractivity contribution < 1.29 is 14.3 Å². The molecular formula is C19H27N3O3. The fraction of sp³-hybridized carbons (Fsp3) is 0.632. The first-order chi connectivity index (χ1) is 12.1. The highest BCUT2D eigenvalue weighted by Gasteiger charge is 2.51. The van der Waals surface area contributed by atoms with Crippen molar-refractivity contribution in [1.82, 2.24) is 10.3 Å². The van der Waals surface area contributed by atoms with Crippen molar-refractivity contribution in [3.63, 3.8) is 0 Å². The Labute approximate surface area is 148 Å². The largest absolute Gasteiger partial charge is 0.464 e. The number of fused-ring (bicyclic) bond motifs is 1. The van der Waals surface area contributed by atoms with Gasteiger partial charge in [0.05, 0.1) is 0 Å². The maximum Gasteiger partial charge on any atom is 0.282 e. The molecule has 6 nitrogen and oxygen atoms in total. The minimum atomic E-state index is -1.54. The van der Waals surface area contributed by atoms with Crippen LogP contribution in [-0.2, 0) is 9.59 Å². The fourth-order valence-electron chi connectivity index (χ4n) is 3.52. The highest BCUT2D eigenvalue weighted by molar-refractivity contribution is 6.16. The molecule has 1 atom stereocenters. The van der Waals surface area contributed by atoms with Gasteiger partial charge in [0.2, 0.25) is 0 Å². The van der Waals surface area contributed by atoms with Crippen LogP contribution in [0.3, 0.4) is 0 Å². The van der Waals surface area contributed by atoms with Gasteiger partial charge in [-0.05, 0) is 38.3 Å². The summed E-state index contributed by atoms with van der Waals surface area (Å²) in [6.07, 6.45) is 8.82. The van der Waals surface area contributed by atoms with E-state index in [4.69, 9.17) is 4.74 Å². The predicted molar refractivity (Wildman–Crippen MR) is 95.5 cm³/mol. The van der Waals surface area contributed by atoms with E-state index in [2.05, 4.69) is 17.2 Å². The number of nitrogens with zero attached hydrogens (tertiary/aromatic N) is 2. The summed E-state index contributed by atoms with van der Waals surface area (Å²) in [7, 11) is 0. The van der Waals surface area contributed by atoms with E-state index in [9.17, 15) is 9.59 Å². The Morgan fingerprint density at radius 1 is 1.40 bits per heavy atom. The second kappa shape index (κ2) is 7.42. The molecule has 6 heteroatoms. The van der Waals surface area contributed by atoms with E-state index < -0.39 is 5.60 Å². The number of aromatic nitrogens is 1. The Kier molecular flexibility index (Phi) is 5.25. The molecule has 0 spiro atoms. The summed E-state index contributed by atoms with van der Waals surface area (Å²) in [5.41, 5.74) is -1.54. The molecule has 2 amide bonds. The van der Waals surface area contributed by atoms with Gasteiger partial charge in [-0.1, -0.05) is 32.6 Å². The summed E-state index contributed by atoms with van der Waals surface area (Å²) in [5, 5.41) is 3.04. The van der Waals surface area contributed by atoms with Crippen molar-refractivity contribution in [3.05, 3.63) is 18.3 Å². The second-order valence-corrected chi connectivity index (χ2v) is 7.08. The topological polar surface area (TPSA) is 71.5 Å². The first kappa shape index (κ1) is 17.7. The summed E-state index contributed by atoms with van der Waals surface area (Å²) < 4.78 is 5.88. The Morgan fingerprint density at radius 3 is 2.88 bits per heavy atom. The molecular weight excluding hydrogens is 318 g/mol. The molecule has 136 valence electrons. The van der Waals surface area contributed by atoms with Gasteiger partial charge in [0.25, 0.3) is 17.4 Å². The molecule has 0 bridgehead atoms. The molecule has 1 fully saturated rings. The molecule has 1 saturated carbocycles. The average Bonchev–Trinajstić information content (AvgIpc) is 2.63. The van der Waals surface area contributed by atoms with Gasteiger partial charge in [-0.25, -0.2) is 4.98 Å². The zero-order valence-electron chi connectivity index (χ0n) is 15.1. The molecule has 1 unspecified atom stereocenters. The van der Waals surface area contributed by atoms with Crippen LogP contribution in [0, 0.1) is 0 Å². The SMILES string of the molecule is CCCCN1C(=O)C(C)(C(=O)NC2CCCCC2)Oc2cccnc21. The summed E-state index contributed by atoms with van der Waals surface area (Å²) in [5.74, 6) is 0.309. The number of pyridine rings is 1. The van der Waals surface area contributed by atoms with Gasteiger partial charge in [0.1, 0.15) is 0 Å². The second-order valence-electron chi connectivity index (χ2n) is 7.08. The van der Waals surface area contributed by atoms with Gasteiger partial charge in [0.15, 0.2) is 11.6 Å². The van der Waals surface area contributed by atoms with Gasteiger partial charge in [-0.2, -0.15) is 0 Å². The maximum absolute atomic E-state index is 13.1. The average molecular weight is 345 g/mol. The summed E-state index contributed by atoms with van der Waals surface area (Å²) in [4.78, 5) is 31.9. The monoisotopic (exact) mass is 345 g/mol. The van der Waals surface area contributed by atoms with E-state index in [1.165, 1.54) is 6.42 Å². The molecule has 2 heterocycles. The smallest absolute Gasteiger partial charge is 0.282 e. The molecule has 1 N–H and O–H groups in total. The quantitative estimate of drug-likeness (QED) is 0.833. The number of carbonyl (C=O) groups excluding carboxylic acids is 2. The standard InChI is InChI=1S/C19H27N3O3/c1-3-4-13-22-16-15(11-8-12-20-16)25-19(2,18(22)24)17(23)21-14-9-6-5-7-10-14/h8,11-12,14H,3-7,9-10,13H2,1-2H3,(H,21,23). The highest BCUT2D eigenvalue weighted by Crippen LogP contribution is 2.36. The molecule has 1 aliphatic carbocycles. The summed E-state index contributed by atoms with van der Waals surface area (Å²) in [6, 6.07) is 3.65. The number of hydrogen-bond acceptors (Lipinski definition) is 4. The van der Waals surface area contributed by atoms with Crippen LogP contribution in [0.15, 0.2) is 18.3 Å². The number of hydrogen-bond donors (Lipinski definition) is 1. The van der Waals surface area contributed by atoms with Crippen LogP contribution in [0.1, 0.15) is 58.8 Å². The number of nitrogens with one attached hydrogen (secondary N) is 1. The van der Waals surface area contributed by atoms with E-state index in [-0.39, 0.29) is 17.9 Å². The number of carbonyl (C=O) groups is 2. The van der Waals surface area contributed by atoms with E-state index in [1.807, 2.05) is 0 Å². The van der Waals surface area contributed by atoms with E-state index >= 15 is 0 Å². The van der Waals surface area contributed by atoms with Gasteiger partial charge in [-0.3, -0.25) is 14.5 Å². The third-order valence-electron chi connectivity index (χ3n) is 5.08. The Morgan fingerprint density at radius 2 is 2.16 bits per heavy atom. The fourth-order valence-corrected chi connectivity index (χ4v) is 3.52. The lowest BCUT2D eigenvalue weighted by atomic mass is 9.93. The lowest BCUT2D eigenvalue weighted by Gasteiger charge is -2.39. The molecule has 1 aromatic heterocycles. The van der Waals surface area contributed by atoms with Crippen LogP contribution in [0.25, 0.3) is 0 Å². The first-order valence-electron chi connectivity index (χ1n) is 9.33. The van der Waals surface area contributed by atoms with Crippen molar-refractivity contribution in [2.24, 2.45) is 0 Å². The number of amides is 2. The summed E-state index contributed by atoms with van der Waals surface area (Å²) >= 11 is 0. The number of anilines is 1. The molecule has 1 aromatic rings. The lowest BCUT2D eigenvalue weighted by Crippen LogP contribution is -2.63. The van der Waals surface area contributed by atoms with Crippen LogP contribution in [0.4, 0.5) is 5.82 Å². The van der Waals surface area contributed by atoms with Crippen LogP contribution >= 0.6 is 0 Å². The third kappa shape index (κ3) is 3.48. The van der Waals surface area contributed by atoms with Crippen molar-refractivity contribution in [2.75, 3.05) is 11.4 Å². The summed E-state index contributed by atoms with van der Waals surface area (Å²) in [6.45, 7) is 4.18. The van der Waals surface area contributed by atoms with Gasteiger partial charge < -0.3 is 10.1 Å². The number of unbranched alkanes of at least 4 members (excludes halogenated alkanes) is 1. The van der Waals surface area contributed by atoms with Gasteiger partial charge in [0, 0.05) is 18.8 Å². The van der Waals surface area contributed by atoms with E-state index in [0.717, 1.165) is 38.5 Å². The lowest BCUT2D eigenvalue weighted by molar-refractivity contribution is -0.149. The van der Waals surface area contributed by atoms with Crippen LogP contribution in [-0.4, -0.2) is 35.0 Å². The molecule has 2 aliphatic rings. The Hall–Kier alpha value is -2.11. The number of ether oxygens (including phenoxy) is 1. The predicted octanol–water partition coefficient (Wildman–Crippen LogP) is 2.81. The zero-order valence-corrected chi connectivity index (χ0v) is 15.1. The highest BCUT2D eigenvalue weighted by atomic mass is 16.5. The minimum Gasteiger partial charge on any atom is -0.464 e. The maximum atomic E-state index is 13.1. The first-order valence-corrected chi connectivity index (χ1v) is 9.33. The normalized spacial score (nSPS) is 23.8. The molecule has 0 aromatic carbocycles. The van der Waals surface area contributed by atoms with E-state index in [0.29, 0.717) is 18.1 Å². The van der Waals surface area contributed by atoms with E-state index in [1.54, 1.807) is 30.2 Å². The molecule has 1 aliphatic heterocycles. The molecule has 25 heavy (non-hydrogen) atoms. The van der Waals surface area contributed by atoms with Crippen molar-refractivity contribution >= 4 is 17.6 Å².